The number of carbonyl (C=O) groups is 1. The smallest absolute Gasteiger partial charge is 0.272 e. The summed E-state index contributed by atoms with van der Waals surface area (Å²) in [4.78, 5) is 30.1. The van der Waals surface area contributed by atoms with Gasteiger partial charge in [0.25, 0.3) is 5.56 Å². The SMILES string of the molecule is CCn1c(SCC(=O)Nc2cccc(F)c2)nc2c(-c3ccc(C)cc3)csc2c1=O. The zero-order valence-corrected chi connectivity index (χ0v) is 18.6. The number of benzene rings is 2. The van der Waals surface area contributed by atoms with Crippen LogP contribution in [0.15, 0.2) is 63.9 Å². The Bertz CT molecular complexity index is 1310. The van der Waals surface area contributed by atoms with Crippen molar-refractivity contribution in [2.24, 2.45) is 0 Å². The molecule has 0 atom stereocenters. The van der Waals surface area contributed by atoms with Gasteiger partial charge in [0.2, 0.25) is 5.91 Å². The summed E-state index contributed by atoms with van der Waals surface area (Å²) in [5, 5.41) is 5.11. The van der Waals surface area contributed by atoms with E-state index in [9.17, 15) is 14.0 Å². The molecule has 0 saturated carbocycles. The minimum Gasteiger partial charge on any atom is -0.325 e. The third-order valence-corrected chi connectivity index (χ3v) is 6.70. The monoisotopic (exact) mass is 453 g/mol. The third-order valence-electron chi connectivity index (χ3n) is 4.76. The standard InChI is InChI=1S/C23H20FN3O2S2/c1-3-27-22(29)21-20(18(12-30-21)15-9-7-14(2)8-10-15)26-23(27)31-13-19(28)25-17-6-4-5-16(24)11-17/h4-12H,3,13H2,1-2H3,(H,25,28). The van der Waals surface area contributed by atoms with E-state index in [1.165, 1.54) is 41.3 Å². The van der Waals surface area contributed by atoms with Gasteiger partial charge in [-0.2, -0.15) is 0 Å². The van der Waals surface area contributed by atoms with E-state index in [2.05, 4.69) is 5.32 Å². The number of rotatable bonds is 6. The lowest BCUT2D eigenvalue weighted by molar-refractivity contribution is -0.113. The summed E-state index contributed by atoms with van der Waals surface area (Å²) in [5.74, 6) is -0.659. The van der Waals surface area contributed by atoms with Gasteiger partial charge in [0, 0.05) is 23.2 Å². The number of nitrogens with one attached hydrogen (secondary N) is 1. The number of anilines is 1. The lowest BCUT2D eigenvalue weighted by Crippen LogP contribution is -2.22. The number of carbonyl (C=O) groups excluding carboxylic acids is 1. The fourth-order valence-corrected chi connectivity index (χ4v) is 5.02. The highest BCUT2D eigenvalue weighted by atomic mass is 32.2. The summed E-state index contributed by atoms with van der Waals surface area (Å²) in [6.45, 7) is 4.35. The topological polar surface area (TPSA) is 64.0 Å². The molecule has 1 N–H and O–H groups in total. The van der Waals surface area contributed by atoms with Crippen LogP contribution in [0, 0.1) is 12.7 Å². The Balaban J connectivity index is 1.63. The molecular weight excluding hydrogens is 433 g/mol. The number of fused-ring (bicyclic) bond motifs is 1. The Morgan fingerprint density at radius 1 is 1.23 bits per heavy atom. The quantitative estimate of drug-likeness (QED) is 0.317. The van der Waals surface area contributed by atoms with Crippen LogP contribution >= 0.6 is 23.1 Å². The predicted molar refractivity (Wildman–Crippen MR) is 125 cm³/mol. The highest BCUT2D eigenvalue weighted by Gasteiger charge is 2.17. The first-order valence-corrected chi connectivity index (χ1v) is 11.6. The van der Waals surface area contributed by atoms with E-state index in [1.807, 2.05) is 43.5 Å². The lowest BCUT2D eigenvalue weighted by atomic mass is 10.1. The normalized spacial score (nSPS) is 11.1. The van der Waals surface area contributed by atoms with Crippen LogP contribution in [0.3, 0.4) is 0 Å². The summed E-state index contributed by atoms with van der Waals surface area (Å²) >= 11 is 2.58. The average molecular weight is 454 g/mol. The molecule has 31 heavy (non-hydrogen) atoms. The van der Waals surface area contributed by atoms with Gasteiger partial charge in [-0.3, -0.25) is 14.2 Å². The van der Waals surface area contributed by atoms with Gasteiger partial charge in [0.05, 0.1) is 11.3 Å². The molecule has 0 fully saturated rings. The number of nitrogens with zero attached hydrogens (tertiary/aromatic N) is 2. The molecule has 158 valence electrons. The Hall–Kier alpha value is -2.97. The number of aryl methyl sites for hydroxylation is 1. The van der Waals surface area contributed by atoms with E-state index in [-0.39, 0.29) is 17.2 Å². The second kappa shape index (κ2) is 9.03. The van der Waals surface area contributed by atoms with Crippen LogP contribution < -0.4 is 10.9 Å². The number of amides is 1. The second-order valence-corrected chi connectivity index (χ2v) is 8.81. The minimum absolute atomic E-state index is 0.0540. The van der Waals surface area contributed by atoms with E-state index in [4.69, 9.17) is 4.98 Å². The number of hydrogen-bond donors (Lipinski definition) is 1. The first kappa shape index (κ1) is 21.3. The number of thioether (sulfide) groups is 1. The van der Waals surface area contributed by atoms with E-state index in [0.29, 0.717) is 27.6 Å². The summed E-state index contributed by atoms with van der Waals surface area (Å²) in [5.41, 5.74) is 4.00. The molecule has 0 aliphatic carbocycles. The predicted octanol–water partition coefficient (Wildman–Crippen LogP) is 5.32. The van der Waals surface area contributed by atoms with Crippen LogP contribution in [0.2, 0.25) is 0 Å². The van der Waals surface area contributed by atoms with Crippen LogP contribution in [0.25, 0.3) is 21.3 Å². The van der Waals surface area contributed by atoms with Crippen molar-refractivity contribution in [1.82, 2.24) is 9.55 Å². The molecule has 2 aromatic heterocycles. The summed E-state index contributed by atoms with van der Waals surface area (Å²) in [6.07, 6.45) is 0. The number of aromatic nitrogens is 2. The van der Waals surface area contributed by atoms with Crippen molar-refractivity contribution in [2.75, 3.05) is 11.1 Å². The molecule has 0 spiro atoms. The van der Waals surface area contributed by atoms with Crippen LogP contribution in [0.5, 0.6) is 0 Å². The Morgan fingerprint density at radius 2 is 2.00 bits per heavy atom. The molecule has 0 unspecified atom stereocenters. The molecule has 0 bridgehead atoms. The van der Waals surface area contributed by atoms with Crippen molar-refractivity contribution in [1.29, 1.82) is 0 Å². The van der Waals surface area contributed by atoms with Crippen molar-refractivity contribution in [3.8, 4) is 11.1 Å². The summed E-state index contributed by atoms with van der Waals surface area (Å²) in [6, 6.07) is 13.8. The van der Waals surface area contributed by atoms with Gasteiger partial charge in [0.1, 0.15) is 10.5 Å². The summed E-state index contributed by atoms with van der Waals surface area (Å²) < 4.78 is 15.5. The Labute approximate surface area is 187 Å². The van der Waals surface area contributed by atoms with Gasteiger partial charge >= 0.3 is 0 Å². The van der Waals surface area contributed by atoms with Crippen LogP contribution in [-0.4, -0.2) is 21.2 Å². The summed E-state index contributed by atoms with van der Waals surface area (Å²) in [7, 11) is 0. The molecular formula is C23H20FN3O2S2. The molecule has 0 aliphatic rings. The van der Waals surface area contributed by atoms with Gasteiger partial charge in [-0.05, 0) is 37.6 Å². The van der Waals surface area contributed by atoms with Gasteiger partial charge < -0.3 is 5.32 Å². The van der Waals surface area contributed by atoms with Crippen LogP contribution in [-0.2, 0) is 11.3 Å². The zero-order valence-electron chi connectivity index (χ0n) is 17.0. The average Bonchev–Trinajstić information content (AvgIpc) is 3.17. The van der Waals surface area contributed by atoms with Crippen LogP contribution in [0.4, 0.5) is 10.1 Å². The molecule has 4 aromatic rings. The van der Waals surface area contributed by atoms with Gasteiger partial charge in [0.15, 0.2) is 5.16 Å². The van der Waals surface area contributed by atoms with E-state index in [0.717, 1.165) is 16.7 Å². The second-order valence-electron chi connectivity index (χ2n) is 6.98. The molecule has 0 radical (unpaired) electrons. The van der Waals surface area contributed by atoms with Gasteiger partial charge in [-0.15, -0.1) is 11.3 Å². The number of thiophene rings is 1. The highest BCUT2D eigenvalue weighted by Crippen LogP contribution is 2.32. The van der Waals surface area contributed by atoms with E-state index in [1.54, 1.807) is 10.6 Å². The maximum Gasteiger partial charge on any atom is 0.272 e. The van der Waals surface area contributed by atoms with Gasteiger partial charge in [-0.25, -0.2) is 9.37 Å². The van der Waals surface area contributed by atoms with Crippen molar-refractivity contribution in [2.45, 2.75) is 25.5 Å². The number of halogens is 1. The zero-order chi connectivity index (χ0) is 22.0. The molecule has 2 heterocycles. The van der Waals surface area contributed by atoms with Crippen LogP contribution in [0.1, 0.15) is 12.5 Å². The fraction of sp³-hybridized carbons (Fsp3) is 0.174. The van der Waals surface area contributed by atoms with E-state index >= 15 is 0 Å². The minimum atomic E-state index is -0.418. The van der Waals surface area contributed by atoms with Crippen molar-refractivity contribution in [3.63, 3.8) is 0 Å². The maximum atomic E-state index is 13.3. The largest absolute Gasteiger partial charge is 0.325 e. The fourth-order valence-electron chi connectivity index (χ4n) is 3.20. The number of hydrogen-bond acceptors (Lipinski definition) is 5. The Morgan fingerprint density at radius 3 is 2.71 bits per heavy atom. The molecule has 0 saturated heterocycles. The third kappa shape index (κ3) is 4.55. The van der Waals surface area contributed by atoms with Crippen molar-refractivity contribution < 1.29 is 9.18 Å². The molecule has 0 aliphatic heterocycles. The molecule has 5 nitrogen and oxygen atoms in total. The molecule has 1 amide bonds. The molecule has 8 heteroatoms. The first-order valence-electron chi connectivity index (χ1n) is 9.73. The lowest BCUT2D eigenvalue weighted by Gasteiger charge is -2.11. The van der Waals surface area contributed by atoms with Gasteiger partial charge in [-0.1, -0.05) is 47.7 Å². The molecule has 2 aromatic carbocycles. The highest BCUT2D eigenvalue weighted by molar-refractivity contribution is 7.99. The Kier molecular flexibility index (Phi) is 6.20. The van der Waals surface area contributed by atoms with E-state index < -0.39 is 5.82 Å². The maximum absolute atomic E-state index is 13.3. The first-order chi connectivity index (χ1) is 15.0. The van der Waals surface area contributed by atoms with Crippen molar-refractivity contribution >= 4 is 44.9 Å². The molecule has 4 rings (SSSR count). The van der Waals surface area contributed by atoms with Crippen molar-refractivity contribution in [3.05, 3.63) is 75.6 Å².